The van der Waals surface area contributed by atoms with Crippen LogP contribution in [0.3, 0.4) is 0 Å². The van der Waals surface area contributed by atoms with Crippen molar-refractivity contribution in [2.45, 2.75) is 53.0 Å². The molecule has 1 aromatic heterocycles. The summed E-state index contributed by atoms with van der Waals surface area (Å²) in [6, 6.07) is 8.18. The van der Waals surface area contributed by atoms with Crippen LogP contribution in [0.2, 0.25) is 13.1 Å². The van der Waals surface area contributed by atoms with Crippen molar-refractivity contribution in [3.8, 4) is 11.5 Å². The molecule has 0 spiro atoms. The van der Waals surface area contributed by atoms with Crippen LogP contribution in [0.15, 0.2) is 24.3 Å². The second kappa shape index (κ2) is 11.5. The van der Waals surface area contributed by atoms with Crippen LogP contribution in [0, 0.1) is 5.41 Å². The molecule has 1 aromatic carbocycles. The number of aliphatic hydroxyl groups is 1. The molecular formula is C26H36NO5SSi. The van der Waals surface area contributed by atoms with E-state index in [1.165, 1.54) is 11.3 Å². The third kappa shape index (κ3) is 6.30. The van der Waals surface area contributed by atoms with E-state index in [9.17, 15) is 9.90 Å². The lowest BCUT2D eigenvalue weighted by Gasteiger charge is -2.39. The Labute approximate surface area is 208 Å². The third-order valence-corrected chi connectivity index (χ3v) is 7.40. The Balaban J connectivity index is 1.80. The first-order valence-corrected chi connectivity index (χ1v) is 14.9. The summed E-state index contributed by atoms with van der Waals surface area (Å²) in [5.74, 6) is 1.15. The van der Waals surface area contributed by atoms with E-state index in [4.69, 9.17) is 13.9 Å². The lowest BCUT2D eigenvalue weighted by Crippen LogP contribution is -2.49. The summed E-state index contributed by atoms with van der Waals surface area (Å²) in [5.41, 5.74) is 1.99. The van der Waals surface area contributed by atoms with Crippen LogP contribution >= 0.6 is 11.3 Å². The molecular weight excluding hydrogens is 466 g/mol. The van der Waals surface area contributed by atoms with Crippen molar-refractivity contribution >= 4 is 44.5 Å². The first-order valence-electron chi connectivity index (χ1n) is 11.7. The van der Waals surface area contributed by atoms with Crippen LogP contribution in [0.5, 0.6) is 11.5 Å². The molecule has 34 heavy (non-hydrogen) atoms. The minimum atomic E-state index is -0.932. The predicted octanol–water partition coefficient (Wildman–Crippen LogP) is 5.37. The van der Waals surface area contributed by atoms with E-state index < -0.39 is 9.04 Å². The highest BCUT2D eigenvalue weighted by molar-refractivity contribution is 7.15. The zero-order valence-electron chi connectivity index (χ0n) is 21.0. The minimum absolute atomic E-state index is 0.121. The Hall–Kier alpha value is -2.13. The number of benzene rings is 1. The first-order chi connectivity index (χ1) is 16.2. The summed E-state index contributed by atoms with van der Waals surface area (Å²) in [4.78, 5) is 15.3. The van der Waals surface area contributed by atoms with Gasteiger partial charge in [0.05, 0.1) is 17.6 Å². The second-order valence-corrected chi connectivity index (χ2v) is 12.8. The summed E-state index contributed by atoms with van der Waals surface area (Å²) < 4.78 is 18.8. The molecule has 1 aliphatic rings. The van der Waals surface area contributed by atoms with Crippen molar-refractivity contribution < 1.29 is 23.8 Å². The van der Waals surface area contributed by atoms with Gasteiger partial charge in [-0.15, -0.1) is 11.3 Å². The van der Waals surface area contributed by atoms with E-state index in [2.05, 4.69) is 45.7 Å². The molecule has 1 N–H and O–H groups in total. The Morgan fingerprint density at radius 2 is 1.91 bits per heavy atom. The van der Waals surface area contributed by atoms with Crippen LogP contribution in [0.4, 0.5) is 5.69 Å². The number of aliphatic hydroxyl groups excluding tert-OH is 1. The maximum Gasteiger partial charge on any atom is 0.205 e. The Morgan fingerprint density at radius 3 is 2.47 bits per heavy atom. The molecule has 185 valence electrons. The molecule has 0 saturated heterocycles. The van der Waals surface area contributed by atoms with E-state index in [1.54, 1.807) is 0 Å². The maximum atomic E-state index is 11.8. The number of aldehydes is 1. The van der Waals surface area contributed by atoms with Crippen LogP contribution in [0.25, 0.3) is 12.2 Å². The number of thiophene rings is 1. The topological polar surface area (TPSA) is 68.2 Å². The van der Waals surface area contributed by atoms with Gasteiger partial charge in [0, 0.05) is 18.8 Å². The number of fused-ring (bicyclic) bond motifs is 1. The number of hydrogen-bond acceptors (Lipinski definition) is 7. The van der Waals surface area contributed by atoms with E-state index in [-0.39, 0.29) is 24.2 Å². The summed E-state index contributed by atoms with van der Waals surface area (Å²) >= 11 is 1.37. The number of likely N-dealkylation sites (N-methyl/N-ethyl adjacent to an activating group) is 1. The van der Waals surface area contributed by atoms with Crippen molar-refractivity contribution in [1.82, 2.24) is 0 Å². The Kier molecular flexibility index (Phi) is 8.98. The van der Waals surface area contributed by atoms with Crippen molar-refractivity contribution in [2.24, 2.45) is 5.41 Å². The fourth-order valence-electron chi connectivity index (χ4n) is 3.99. The highest BCUT2D eigenvalue weighted by Crippen LogP contribution is 2.46. The molecule has 0 bridgehead atoms. The molecule has 0 fully saturated rings. The summed E-state index contributed by atoms with van der Waals surface area (Å²) in [7, 11) is -0.932. The average Bonchev–Trinajstić information content (AvgIpc) is 3.16. The molecule has 3 rings (SSSR count). The standard InChI is InChI=1S/C26H36NO5SSi/c1-7-27(14-15-28)19-11-8-18(9-12-19)10-13-21-23-24(22(16-29)33-21)31-20(17-30-23)25(26(2,3)4)32-34(5)6/h8-13,16,20,25,28H,7,14-15,17H2,1-6H3. The molecule has 0 saturated carbocycles. The van der Waals surface area contributed by atoms with Gasteiger partial charge in [0.15, 0.2) is 23.9 Å². The van der Waals surface area contributed by atoms with E-state index in [1.807, 2.05) is 36.4 Å². The van der Waals surface area contributed by atoms with Crippen LogP contribution in [0.1, 0.15) is 47.8 Å². The number of anilines is 1. The summed E-state index contributed by atoms with van der Waals surface area (Å²) in [6.07, 6.45) is 4.41. The van der Waals surface area contributed by atoms with Crippen molar-refractivity contribution in [3.63, 3.8) is 0 Å². The van der Waals surface area contributed by atoms with Crippen LogP contribution in [-0.2, 0) is 4.43 Å². The van der Waals surface area contributed by atoms with Gasteiger partial charge in [0.1, 0.15) is 11.5 Å². The van der Waals surface area contributed by atoms with Gasteiger partial charge in [-0.3, -0.25) is 4.79 Å². The number of rotatable bonds is 10. The highest BCUT2D eigenvalue weighted by Gasteiger charge is 2.40. The zero-order chi connectivity index (χ0) is 24.9. The maximum absolute atomic E-state index is 11.8. The van der Waals surface area contributed by atoms with Crippen LogP contribution in [-0.4, -0.2) is 58.9 Å². The lowest BCUT2D eigenvalue weighted by molar-refractivity contribution is -0.0471. The molecule has 2 atom stereocenters. The molecule has 1 aliphatic heterocycles. The number of ether oxygens (including phenoxy) is 2. The van der Waals surface area contributed by atoms with Gasteiger partial charge in [0.25, 0.3) is 0 Å². The average molecular weight is 503 g/mol. The molecule has 8 heteroatoms. The summed E-state index contributed by atoms with van der Waals surface area (Å²) in [5, 5.41) is 9.23. The number of carbonyl (C=O) groups excluding carboxylic acids is 1. The van der Waals surface area contributed by atoms with Crippen LogP contribution < -0.4 is 14.4 Å². The number of nitrogens with zero attached hydrogens (tertiary/aromatic N) is 1. The monoisotopic (exact) mass is 502 g/mol. The van der Waals surface area contributed by atoms with Crippen molar-refractivity contribution in [1.29, 1.82) is 0 Å². The zero-order valence-corrected chi connectivity index (χ0v) is 22.8. The van der Waals surface area contributed by atoms with E-state index in [0.29, 0.717) is 29.5 Å². The van der Waals surface area contributed by atoms with E-state index >= 15 is 0 Å². The first kappa shape index (κ1) is 26.5. The van der Waals surface area contributed by atoms with Gasteiger partial charge in [-0.2, -0.15) is 0 Å². The van der Waals surface area contributed by atoms with E-state index in [0.717, 1.165) is 29.0 Å². The van der Waals surface area contributed by atoms with Gasteiger partial charge in [0.2, 0.25) is 9.04 Å². The molecule has 2 heterocycles. The quantitative estimate of drug-likeness (QED) is 0.348. The largest absolute Gasteiger partial charge is 0.484 e. The SMILES string of the molecule is CCN(CCO)c1ccc(C=Cc2sc(C=O)c3c2OCC(C(O[Si](C)C)C(C)(C)C)O3)cc1. The number of carbonyl (C=O) groups is 1. The third-order valence-electron chi connectivity index (χ3n) is 5.63. The highest BCUT2D eigenvalue weighted by atomic mass is 32.1. The van der Waals surface area contributed by atoms with Gasteiger partial charge in [-0.25, -0.2) is 0 Å². The van der Waals surface area contributed by atoms with Gasteiger partial charge < -0.3 is 23.9 Å². The van der Waals surface area contributed by atoms with Gasteiger partial charge in [-0.05, 0) is 49.2 Å². The molecule has 2 aromatic rings. The normalized spacial score (nSPS) is 16.8. The molecule has 0 amide bonds. The molecule has 2 unspecified atom stereocenters. The fourth-order valence-corrected chi connectivity index (χ4v) is 5.91. The Morgan fingerprint density at radius 1 is 1.21 bits per heavy atom. The second-order valence-electron chi connectivity index (χ2n) is 9.61. The lowest BCUT2D eigenvalue weighted by atomic mass is 9.86. The fraction of sp³-hybridized carbons (Fsp3) is 0.500. The van der Waals surface area contributed by atoms with Gasteiger partial charge in [-0.1, -0.05) is 39.0 Å². The predicted molar refractivity (Wildman–Crippen MR) is 142 cm³/mol. The minimum Gasteiger partial charge on any atom is -0.484 e. The smallest absolute Gasteiger partial charge is 0.205 e. The van der Waals surface area contributed by atoms with Gasteiger partial charge >= 0.3 is 0 Å². The number of hydrogen-bond donors (Lipinski definition) is 1. The molecule has 0 aliphatic carbocycles. The molecule has 6 nitrogen and oxygen atoms in total. The van der Waals surface area contributed by atoms with Crippen molar-refractivity contribution in [2.75, 3.05) is 31.2 Å². The Bertz CT molecular complexity index is 980. The molecule has 1 radical (unpaired) electrons. The van der Waals surface area contributed by atoms with Crippen molar-refractivity contribution in [3.05, 3.63) is 39.6 Å². The summed E-state index contributed by atoms with van der Waals surface area (Å²) in [6.45, 7) is 14.7.